The van der Waals surface area contributed by atoms with Crippen molar-refractivity contribution in [2.24, 2.45) is 0 Å². The zero-order valence-electron chi connectivity index (χ0n) is 14.1. The lowest BCUT2D eigenvalue weighted by Crippen LogP contribution is -2.29. The van der Waals surface area contributed by atoms with Crippen molar-refractivity contribution >= 4 is 29.4 Å². The van der Waals surface area contributed by atoms with Gasteiger partial charge < -0.3 is 9.80 Å². The Labute approximate surface area is 145 Å². The Morgan fingerprint density at radius 2 is 2.08 bits per heavy atom. The first kappa shape index (κ1) is 15.8. The van der Waals surface area contributed by atoms with Crippen LogP contribution in [0.25, 0.3) is 11.7 Å². The number of likely N-dealkylation sites (N-methyl/N-ethyl adjacent to an activating group) is 1. The number of hydrogen-bond donors (Lipinski definition) is 1. The summed E-state index contributed by atoms with van der Waals surface area (Å²) >= 11 is 0. The number of fused-ring (bicyclic) bond motifs is 1. The second kappa shape index (κ2) is 6.29. The van der Waals surface area contributed by atoms with Gasteiger partial charge in [-0.3, -0.25) is 14.9 Å². The first-order valence-corrected chi connectivity index (χ1v) is 8.43. The van der Waals surface area contributed by atoms with E-state index in [1.807, 2.05) is 12.3 Å². The Bertz CT molecular complexity index is 871. The van der Waals surface area contributed by atoms with Crippen LogP contribution in [0.15, 0.2) is 24.0 Å². The van der Waals surface area contributed by atoms with Gasteiger partial charge in [-0.25, -0.2) is 9.50 Å². The molecule has 1 N–H and O–H groups in total. The summed E-state index contributed by atoms with van der Waals surface area (Å²) in [7, 11) is 2.13. The predicted octanol–water partition coefficient (Wildman–Crippen LogP) is 0.301. The molecule has 2 fully saturated rings. The van der Waals surface area contributed by atoms with E-state index in [9.17, 15) is 9.59 Å². The Morgan fingerprint density at radius 3 is 2.88 bits per heavy atom. The minimum Gasteiger partial charge on any atom is -0.355 e. The minimum absolute atomic E-state index is 0.105. The molecule has 8 heteroatoms. The summed E-state index contributed by atoms with van der Waals surface area (Å²) in [5.74, 6) is 0.306. The maximum Gasteiger partial charge on any atom is 0.254 e. The first-order chi connectivity index (χ1) is 12.1. The van der Waals surface area contributed by atoms with Crippen LogP contribution in [0.1, 0.15) is 18.4 Å². The van der Waals surface area contributed by atoms with Gasteiger partial charge in [0.05, 0.1) is 12.6 Å². The van der Waals surface area contributed by atoms with Gasteiger partial charge in [0.1, 0.15) is 5.82 Å². The van der Waals surface area contributed by atoms with E-state index >= 15 is 0 Å². The Kier molecular flexibility index (Phi) is 3.96. The van der Waals surface area contributed by atoms with Crippen LogP contribution < -0.4 is 10.2 Å². The van der Waals surface area contributed by atoms with E-state index in [0.29, 0.717) is 11.2 Å². The van der Waals surface area contributed by atoms with E-state index < -0.39 is 0 Å². The number of rotatable bonds is 2. The van der Waals surface area contributed by atoms with Crippen LogP contribution in [0.3, 0.4) is 0 Å². The summed E-state index contributed by atoms with van der Waals surface area (Å²) in [5, 5.41) is 6.58. The zero-order valence-corrected chi connectivity index (χ0v) is 14.1. The maximum atomic E-state index is 11.8. The number of anilines is 1. The van der Waals surface area contributed by atoms with Gasteiger partial charge in [-0.15, -0.1) is 0 Å². The number of hydrogen-bond acceptors (Lipinski definition) is 6. The van der Waals surface area contributed by atoms with Gasteiger partial charge in [0.25, 0.3) is 5.91 Å². The van der Waals surface area contributed by atoms with Gasteiger partial charge in [0.15, 0.2) is 5.65 Å². The van der Waals surface area contributed by atoms with E-state index in [0.717, 1.165) is 44.0 Å². The molecule has 8 nitrogen and oxygen atoms in total. The molecule has 2 amide bonds. The summed E-state index contributed by atoms with van der Waals surface area (Å²) in [6, 6.07) is 1.97. The number of aromatic nitrogens is 3. The van der Waals surface area contributed by atoms with Crippen LogP contribution in [0, 0.1) is 0 Å². The number of carbonyl (C=O) groups excluding carboxylic acids is 2. The number of carbonyl (C=O) groups is 2. The van der Waals surface area contributed by atoms with Gasteiger partial charge in [-0.1, -0.05) is 0 Å². The van der Waals surface area contributed by atoms with Crippen molar-refractivity contribution in [2.45, 2.75) is 12.8 Å². The van der Waals surface area contributed by atoms with E-state index in [4.69, 9.17) is 4.98 Å². The summed E-state index contributed by atoms with van der Waals surface area (Å²) in [6.45, 7) is 3.99. The normalized spacial score (nSPS) is 21.2. The zero-order chi connectivity index (χ0) is 17.4. The number of imide groups is 1. The second-order valence-corrected chi connectivity index (χ2v) is 6.52. The minimum atomic E-state index is -0.337. The molecule has 4 heterocycles. The Balaban J connectivity index is 1.67. The lowest BCUT2D eigenvalue weighted by atomic mass is 10.1. The summed E-state index contributed by atoms with van der Waals surface area (Å²) < 4.78 is 1.69. The summed E-state index contributed by atoms with van der Waals surface area (Å²) in [4.78, 5) is 32.5. The molecule has 0 aromatic carbocycles. The number of nitrogens with one attached hydrogen (secondary N) is 1. The van der Waals surface area contributed by atoms with Gasteiger partial charge in [0, 0.05) is 37.0 Å². The fourth-order valence-corrected chi connectivity index (χ4v) is 3.24. The van der Waals surface area contributed by atoms with Crippen LogP contribution in [0.5, 0.6) is 0 Å². The third-order valence-electron chi connectivity index (χ3n) is 4.65. The molecular weight excluding hydrogens is 320 g/mol. The molecule has 0 unspecified atom stereocenters. The van der Waals surface area contributed by atoms with Crippen LogP contribution in [-0.4, -0.2) is 64.5 Å². The highest BCUT2D eigenvalue weighted by atomic mass is 16.2. The SMILES string of the molecule is CN1CCCN(c2ccn3ncc(/C=C4\CC(=O)NC4=O)c3n2)CC1. The standard InChI is InChI=1S/C17H20N6O2/c1-21-4-2-5-22(8-7-21)14-3-6-23-16(19-14)13(11-18-23)9-12-10-15(24)20-17(12)25/h3,6,9,11H,2,4-5,7-8,10H2,1H3,(H,20,24,25)/b12-9+. The molecule has 2 saturated heterocycles. The van der Waals surface area contributed by atoms with Crippen molar-refractivity contribution < 1.29 is 9.59 Å². The molecule has 0 bridgehead atoms. The molecular formula is C17H20N6O2. The largest absolute Gasteiger partial charge is 0.355 e. The molecule has 2 aromatic rings. The Hall–Kier alpha value is -2.74. The van der Waals surface area contributed by atoms with E-state index in [1.165, 1.54) is 0 Å². The molecule has 25 heavy (non-hydrogen) atoms. The van der Waals surface area contributed by atoms with Crippen LogP contribution in [0.4, 0.5) is 5.82 Å². The summed E-state index contributed by atoms with van der Waals surface area (Å²) in [5.41, 5.74) is 1.88. The molecule has 0 spiro atoms. The van der Waals surface area contributed by atoms with Crippen LogP contribution in [0.2, 0.25) is 0 Å². The monoisotopic (exact) mass is 340 g/mol. The second-order valence-electron chi connectivity index (χ2n) is 6.52. The van der Waals surface area contributed by atoms with Crippen LogP contribution in [-0.2, 0) is 9.59 Å². The average molecular weight is 340 g/mol. The molecule has 0 aliphatic carbocycles. The average Bonchev–Trinajstić information content (AvgIpc) is 3.04. The number of nitrogens with zero attached hydrogens (tertiary/aromatic N) is 5. The lowest BCUT2D eigenvalue weighted by Gasteiger charge is -2.21. The van der Waals surface area contributed by atoms with E-state index in [-0.39, 0.29) is 18.2 Å². The fourth-order valence-electron chi connectivity index (χ4n) is 3.24. The Morgan fingerprint density at radius 1 is 1.20 bits per heavy atom. The molecule has 2 aromatic heterocycles. The van der Waals surface area contributed by atoms with Crippen molar-refractivity contribution in [1.29, 1.82) is 0 Å². The van der Waals surface area contributed by atoms with Crippen molar-refractivity contribution in [3.8, 4) is 0 Å². The number of amides is 2. The highest BCUT2D eigenvalue weighted by Gasteiger charge is 2.24. The fraction of sp³-hybridized carbons (Fsp3) is 0.412. The van der Waals surface area contributed by atoms with Crippen molar-refractivity contribution in [2.75, 3.05) is 38.1 Å². The van der Waals surface area contributed by atoms with Crippen molar-refractivity contribution in [1.82, 2.24) is 24.8 Å². The van der Waals surface area contributed by atoms with Crippen molar-refractivity contribution in [3.05, 3.63) is 29.6 Å². The first-order valence-electron chi connectivity index (χ1n) is 8.43. The third kappa shape index (κ3) is 3.12. The lowest BCUT2D eigenvalue weighted by molar-refractivity contribution is -0.124. The summed E-state index contributed by atoms with van der Waals surface area (Å²) in [6.07, 6.45) is 6.46. The van der Waals surface area contributed by atoms with Gasteiger partial charge in [-0.05, 0) is 32.2 Å². The highest BCUT2D eigenvalue weighted by Crippen LogP contribution is 2.20. The van der Waals surface area contributed by atoms with Crippen LogP contribution >= 0.6 is 0 Å². The molecule has 4 rings (SSSR count). The molecule has 2 aliphatic rings. The maximum absolute atomic E-state index is 11.8. The quantitative estimate of drug-likeness (QED) is 0.625. The molecule has 130 valence electrons. The predicted molar refractivity (Wildman–Crippen MR) is 93.1 cm³/mol. The van der Waals surface area contributed by atoms with Gasteiger partial charge in [0.2, 0.25) is 5.91 Å². The van der Waals surface area contributed by atoms with Gasteiger partial charge in [-0.2, -0.15) is 5.10 Å². The highest BCUT2D eigenvalue weighted by molar-refractivity contribution is 6.15. The molecule has 0 radical (unpaired) electrons. The topological polar surface area (TPSA) is 82.8 Å². The molecule has 0 saturated carbocycles. The third-order valence-corrected chi connectivity index (χ3v) is 4.65. The van der Waals surface area contributed by atoms with E-state index in [2.05, 4.69) is 27.3 Å². The molecule has 0 atom stereocenters. The van der Waals surface area contributed by atoms with Gasteiger partial charge >= 0.3 is 0 Å². The van der Waals surface area contributed by atoms with E-state index in [1.54, 1.807) is 16.8 Å². The molecule has 2 aliphatic heterocycles. The smallest absolute Gasteiger partial charge is 0.254 e. The van der Waals surface area contributed by atoms with Crippen molar-refractivity contribution in [3.63, 3.8) is 0 Å².